The van der Waals surface area contributed by atoms with Gasteiger partial charge in [-0.2, -0.15) is 0 Å². The van der Waals surface area contributed by atoms with Crippen molar-refractivity contribution in [3.63, 3.8) is 0 Å². The van der Waals surface area contributed by atoms with E-state index < -0.39 is 0 Å². The van der Waals surface area contributed by atoms with Crippen LogP contribution in [0.5, 0.6) is 0 Å². The van der Waals surface area contributed by atoms with Crippen LogP contribution in [0, 0.1) is 0 Å². The molecule has 0 saturated carbocycles. The molecule has 0 unspecified atom stereocenters. The number of aromatic nitrogens is 2. The fourth-order valence-electron chi connectivity index (χ4n) is 5.53. The molecule has 2 aromatic heterocycles. The average molecular weight is 396 g/mol. The lowest BCUT2D eigenvalue weighted by atomic mass is 9.97. The van der Waals surface area contributed by atoms with Gasteiger partial charge in [0.05, 0.1) is 16.6 Å². The molecule has 1 N–H and O–H groups in total. The Bertz CT molecular complexity index is 1490. The van der Waals surface area contributed by atoms with E-state index in [1.165, 1.54) is 38.2 Å². The molecule has 1 aliphatic heterocycles. The highest BCUT2D eigenvalue weighted by Gasteiger charge is 2.31. The van der Waals surface area contributed by atoms with Crippen LogP contribution in [0.2, 0.25) is 0 Å². The van der Waals surface area contributed by atoms with Crippen molar-refractivity contribution in [1.29, 1.82) is 0 Å². The highest BCUT2D eigenvalue weighted by Crippen LogP contribution is 2.44. The van der Waals surface area contributed by atoms with Gasteiger partial charge in [0, 0.05) is 52.2 Å². The van der Waals surface area contributed by atoms with Crippen molar-refractivity contribution < 1.29 is 4.79 Å². The van der Waals surface area contributed by atoms with Crippen molar-refractivity contribution in [3.8, 4) is 0 Å². The molecule has 1 aliphatic rings. The summed E-state index contributed by atoms with van der Waals surface area (Å²) in [6.07, 6.45) is 2.12. The summed E-state index contributed by atoms with van der Waals surface area (Å²) < 4.78 is 4.94. The number of aryl methyl sites for hydroxylation is 2. The van der Waals surface area contributed by atoms with E-state index in [0.717, 1.165) is 42.4 Å². The third-order valence-corrected chi connectivity index (χ3v) is 6.57. The lowest BCUT2D eigenvalue weighted by Gasteiger charge is -2.12. The standard InChI is InChI=1S/C26H25N3O/c1-3-13-28-19-11-7-5-9-16(19)21-18-15-27-26(30)23(18)22-17-10-6-8-12-20(17)29(14-4-2)25(22)24(21)28/h5-12H,3-4,13-15H2,1-2H3,(H,27,30). The fourth-order valence-corrected chi connectivity index (χ4v) is 5.53. The Labute approximate surface area is 175 Å². The Morgan fingerprint density at radius 3 is 1.93 bits per heavy atom. The van der Waals surface area contributed by atoms with Gasteiger partial charge in [-0.15, -0.1) is 0 Å². The average Bonchev–Trinajstić information content (AvgIpc) is 3.40. The lowest BCUT2D eigenvalue weighted by molar-refractivity contribution is 0.0967. The van der Waals surface area contributed by atoms with Crippen molar-refractivity contribution in [2.75, 3.05) is 0 Å². The minimum Gasteiger partial charge on any atom is -0.348 e. The van der Waals surface area contributed by atoms with E-state index in [9.17, 15) is 4.79 Å². The molecular weight excluding hydrogens is 370 g/mol. The van der Waals surface area contributed by atoms with Crippen LogP contribution in [0.4, 0.5) is 0 Å². The molecule has 0 atom stereocenters. The Kier molecular flexibility index (Phi) is 3.73. The van der Waals surface area contributed by atoms with Crippen molar-refractivity contribution in [2.24, 2.45) is 0 Å². The second-order valence-electron chi connectivity index (χ2n) is 8.32. The number of nitrogens with zero attached hydrogens (tertiary/aromatic N) is 2. The zero-order chi connectivity index (χ0) is 20.4. The minimum absolute atomic E-state index is 0.0589. The van der Waals surface area contributed by atoms with Gasteiger partial charge in [0.1, 0.15) is 0 Å². The number of rotatable bonds is 4. The van der Waals surface area contributed by atoms with Crippen LogP contribution >= 0.6 is 0 Å². The first kappa shape index (κ1) is 17.6. The number of fused-ring (bicyclic) bond motifs is 10. The summed E-state index contributed by atoms with van der Waals surface area (Å²) >= 11 is 0. The number of benzene rings is 3. The summed E-state index contributed by atoms with van der Waals surface area (Å²) in [4.78, 5) is 13.1. The van der Waals surface area contributed by atoms with E-state index in [4.69, 9.17) is 0 Å². The summed E-state index contributed by atoms with van der Waals surface area (Å²) in [5.41, 5.74) is 7.02. The molecule has 3 aromatic carbocycles. The van der Waals surface area contributed by atoms with E-state index in [-0.39, 0.29) is 5.91 Å². The van der Waals surface area contributed by atoms with E-state index in [2.05, 4.69) is 76.8 Å². The summed E-state index contributed by atoms with van der Waals surface area (Å²) in [7, 11) is 0. The maximum Gasteiger partial charge on any atom is 0.252 e. The van der Waals surface area contributed by atoms with Crippen molar-refractivity contribution >= 4 is 49.5 Å². The fraction of sp³-hybridized carbons (Fsp3) is 0.269. The van der Waals surface area contributed by atoms with Crippen molar-refractivity contribution in [2.45, 2.75) is 46.3 Å². The predicted octanol–water partition coefficient (Wildman–Crippen LogP) is 5.97. The highest BCUT2D eigenvalue weighted by molar-refractivity contribution is 6.30. The Morgan fingerprint density at radius 1 is 0.800 bits per heavy atom. The number of amides is 1. The molecule has 5 aromatic rings. The van der Waals surface area contributed by atoms with Crippen LogP contribution in [0.25, 0.3) is 43.6 Å². The lowest BCUT2D eigenvalue weighted by Crippen LogP contribution is -2.12. The van der Waals surface area contributed by atoms with Gasteiger partial charge in [-0.25, -0.2) is 0 Å². The molecule has 0 saturated heterocycles. The predicted molar refractivity (Wildman–Crippen MR) is 124 cm³/mol. The van der Waals surface area contributed by atoms with E-state index in [0.29, 0.717) is 6.54 Å². The Balaban J connectivity index is 2.00. The molecule has 4 nitrogen and oxygen atoms in total. The van der Waals surface area contributed by atoms with Crippen molar-refractivity contribution in [3.05, 3.63) is 59.7 Å². The number of hydrogen-bond acceptors (Lipinski definition) is 1. The smallest absolute Gasteiger partial charge is 0.252 e. The number of carbonyl (C=O) groups excluding carboxylic acids is 1. The third-order valence-electron chi connectivity index (χ3n) is 6.57. The van der Waals surface area contributed by atoms with E-state index >= 15 is 0 Å². The van der Waals surface area contributed by atoms with Crippen LogP contribution < -0.4 is 5.32 Å². The maximum atomic E-state index is 13.1. The second kappa shape index (κ2) is 6.36. The minimum atomic E-state index is 0.0589. The quantitative estimate of drug-likeness (QED) is 0.400. The zero-order valence-electron chi connectivity index (χ0n) is 17.5. The van der Waals surface area contributed by atoms with E-state index in [1.807, 2.05) is 0 Å². The topological polar surface area (TPSA) is 39.0 Å². The summed E-state index contributed by atoms with van der Waals surface area (Å²) in [6.45, 7) is 6.96. The second-order valence-corrected chi connectivity index (χ2v) is 8.32. The van der Waals surface area contributed by atoms with Gasteiger partial charge >= 0.3 is 0 Å². The summed E-state index contributed by atoms with van der Waals surface area (Å²) in [5, 5.41) is 7.93. The van der Waals surface area contributed by atoms with Gasteiger partial charge in [-0.1, -0.05) is 50.2 Å². The summed E-state index contributed by atoms with van der Waals surface area (Å²) in [5.74, 6) is 0.0589. The zero-order valence-corrected chi connectivity index (χ0v) is 17.5. The van der Waals surface area contributed by atoms with Crippen LogP contribution in [-0.4, -0.2) is 15.0 Å². The maximum absolute atomic E-state index is 13.1. The number of nitrogens with one attached hydrogen (secondary N) is 1. The van der Waals surface area contributed by atoms with Gasteiger partial charge in [-0.05, 0) is 30.5 Å². The normalized spacial score (nSPS) is 13.7. The molecule has 0 fully saturated rings. The van der Waals surface area contributed by atoms with Crippen LogP contribution in [0.15, 0.2) is 48.5 Å². The first-order valence-electron chi connectivity index (χ1n) is 11.0. The molecule has 150 valence electrons. The highest BCUT2D eigenvalue weighted by atomic mass is 16.1. The molecule has 1 amide bonds. The van der Waals surface area contributed by atoms with Crippen LogP contribution in [-0.2, 0) is 19.6 Å². The molecule has 4 heteroatoms. The van der Waals surface area contributed by atoms with Crippen molar-refractivity contribution in [1.82, 2.24) is 14.5 Å². The molecule has 0 aliphatic carbocycles. The Morgan fingerprint density at radius 2 is 1.33 bits per heavy atom. The SMILES string of the molecule is CCCn1c2ccccc2c2c3c(c4c5ccccc5n(CCC)c4c21)C(=O)NC3. The molecule has 0 radical (unpaired) electrons. The molecule has 3 heterocycles. The van der Waals surface area contributed by atoms with Gasteiger partial charge < -0.3 is 14.5 Å². The first-order valence-corrected chi connectivity index (χ1v) is 11.0. The van der Waals surface area contributed by atoms with E-state index in [1.54, 1.807) is 0 Å². The first-order chi connectivity index (χ1) is 14.8. The van der Waals surface area contributed by atoms with Gasteiger partial charge in [0.2, 0.25) is 0 Å². The number of para-hydroxylation sites is 2. The monoisotopic (exact) mass is 395 g/mol. The number of hydrogen-bond donors (Lipinski definition) is 1. The Hall–Kier alpha value is -3.27. The molecule has 30 heavy (non-hydrogen) atoms. The summed E-state index contributed by atoms with van der Waals surface area (Å²) in [6, 6.07) is 17.2. The van der Waals surface area contributed by atoms with Crippen LogP contribution in [0.3, 0.4) is 0 Å². The number of carbonyl (C=O) groups is 1. The van der Waals surface area contributed by atoms with Gasteiger partial charge in [0.15, 0.2) is 0 Å². The third kappa shape index (κ3) is 2.08. The van der Waals surface area contributed by atoms with Crippen LogP contribution in [0.1, 0.15) is 42.6 Å². The largest absolute Gasteiger partial charge is 0.348 e. The molecule has 0 spiro atoms. The van der Waals surface area contributed by atoms with Gasteiger partial charge in [-0.3, -0.25) is 4.79 Å². The molecule has 6 rings (SSSR count). The van der Waals surface area contributed by atoms with Gasteiger partial charge in [0.25, 0.3) is 5.91 Å². The molecule has 0 bridgehead atoms. The molecular formula is C26H25N3O.